The smallest absolute Gasteiger partial charge is 0.165 e. The Hall–Kier alpha value is -1.97. The van der Waals surface area contributed by atoms with Crippen LogP contribution < -0.4 is 4.74 Å². The molecule has 0 aliphatic heterocycles. The van der Waals surface area contributed by atoms with Crippen LogP contribution >= 0.6 is 0 Å². The molecule has 2 aromatic rings. The number of nitrogens with zero attached hydrogens (tertiary/aromatic N) is 2. The van der Waals surface area contributed by atoms with Crippen LogP contribution in [-0.4, -0.2) is 16.6 Å². The summed E-state index contributed by atoms with van der Waals surface area (Å²) >= 11 is 0. The monoisotopic (exact) mass is 358 g/mol. The Balaban J connectivity index is 1.84. The van der Waals surface area contributed by atoms with Crippen molar-refractivity contribution in [3.63, 3.8) is 0 Å². The summed E-state index contributed by atoms with van der Waals surface area (Å²) in [5.41, 5.74) is 2.39. The summed E-state index contributed by atoms with van der Waals surface area (Å²) in [7, 11) is 0. The van der Waals surface area contributed by atoms with Gasteiger partial charge in [-0.25, -0.2) is 4.39 Å². The molecular weight excluding hydrogens is 327 g/mol. The third-order valence-electron chi connectivity index (χ3n) is 4.47. The van der Waals surface area contributed by atoms with Crippen molar-refractivity contribution in [2.24, 2.45) is 0 Å². The maximum absolute atomic E-state index is 14.3. The summed E-state index contributed by atoms with van der Waals surface area (Å²) in [5, 5.41) is 0. The molecule has 0 bridgehead atoms. The Morgan fingerprint density at radius 2 is 1.65 bits per heavy atom. The Morgan fingerprint density at radius 3 is 2.35 bits per heavy atom. The standard InChI is InChI=1S/C22H31FN2O/c1-3-5-7-8-9-10-14-26-22-13-12-18(15-20(22)23)21-17-24-19(16-25-21)11-6-4-2/h12-13,15-17H,3-11,14H2,1-2H3. The average Bonchev–Trinajstić information content (AvgIpc) is 2.67. The van der Waals surface area contributed by atoms with Crippen molar-refractivity contribution in [3.8, 4) is 17.0 Å². The number of unbranched alkanes of at least 4 members (excludes halogenated alkanes) is 6. The van der Waals surface area contributed by atoms with Crippen LogP contribution in [0.5, 0.6) is 5.75 Å². The predicted molar refractivity (Wildman–Crippen MR) is 105 cm³/mol. The second-order valence-corrected chi connectivity index (χ2v) is 6.76. The zero-order valence-electron chi connectivity index (χ0n) is 16.1. The van der Waals surface area contributed by atoms with E-state index in [0.29, 0.717) is 18.1 Å². The van der Waals surface area contributed by atoms with Gasteiger partial charge in [0, 0.05) is 11.8 Å². The van der Waals surface area contributed by atoms with Crippen LogP contribution in [0.3, 0.4) is 0 Å². The summed E-state index contributed by atoms with van der Waals surface area (Å²) in [5.74, 6) is -0.0276. The minimum atomic E-state index is -0.342. The second-order valence-electron chi connectivity index (χ2n) is 6.76. The van der Waals surface area contributed by atoms with Gasteiger partial charge in [0.25, 0.3) is 0 Å². The number of hydrogen-bond donors (Lipinski definition) is 0. The van der Waals surface area contributed by atoms with Gasteiger partial charge in [-0.3, -0.25) is 9.97 Å². The summed E-state index contributed by atoms with van der Waals surface area (Å²) in [6, 6.07) is 5.01. The Labute approximate surface area is 157 Å². The van der Waals surface area contributed by atoms with Crippen LogP contribution in [0.2, 0.25) is 0 Å². The minimum absolute atomic E-state index is 0.315. The molecule has 1 aromatic carbocycles. The molecule has 1 heterocycles. The number of aromatic nitrogens is 2. The summed E-state index contributed by atoms with van der Waals surface area (Å²) in [6.45, 7) is 4.93. The van der Waals surface area contributed by atoms with E-state index in [2.05, 4.69) is 23.8 Å². The van der Waals surface area contributed by atoms with Crippen LogP contribution in [0.1, 0.15) is 70.9 Å². The molecule has 0 radical (unpaired) electrons. The summed E-state index contributed by atoms with van der Waals surface area (Å²) < 4.78 is 19.9. The number of ether oxygens (including phenoxy) is 1. The van der Waals surface area contributed by atoms with E-state index >= 15 is 0 Å². The van der Waals surface area contributed by atoms with Crippen LogP contribution in [-0.2, 0) is 6.42 Å². The molecule has 0 spiro atoms. The Kier molecular flexibility index (Phi) is 9.08. The molecule has 4 heteroatoms. The molecule has 0 saturated heterocycles. The number of rotatable bonds is 12. The van der Waals surface area contributed by atoms with E-state index in [1.807, 2.05) is 6.07 Å². The number of aryl methyl sites for hydroxylation is 1. The molecule has 0 aliphatic rings. The number of benzene rings is 1. The van der Waals surface area contributed by atoms with Crippen molar-refractivity contribution in [3.05, 3.63) is 42.1 Å². The first-order valence-corrected chi connectivity index (χ1v) is 9.98. The lowest BCUT2D eigenvalue weighted by molar-refractivity contribution is 0.290. The third-order valence-corrected chi connectivity index (χ3v) is 4.47. The van der Waals surface area contributed by atoms with E-state index in [4.69, 9.17) is 4.74 Å². The zero-order valence-corrected chi connectivity index (χ0v) is 16.1. The van der Waals surface area contributed by atoms with Crippen molar-refractivity contribution < 1.29 is 9.13 Å². The van der Waals surface area contributed by atoms with Gasteiger partial charge >= 0.3 is 0 Å². The van der Waals surface area contributed by atoms with Crippen molar-refractivity contribution in [2.75, 3.05) is 6.61 Å². The maximum atomic E-state index is 14.3. The highest BCUT2D eigenvalue weighted by atomic mass is 19.1. The average molecular weight is 359 g/mol. The molecule has 2 rings (SSSR count). The summed E-state index contributed by atoms with van der Waals surface area (Å²) in [6.07, 6.45) is 13.8. The van der Waals surface area contributed by atoms with E-state index in [0.717, 1.165) is 43.4 Å². The first-order chi connectivity index (χ1) is 12.7. The Bertz CT molecular complexity index is 643. The molecule has 26 heavy (non-hydrogen) atoms. The van der Waals surface area contributed by atoms with Gasteiger partial charge in [0.2, 0.25) is 0 Å². The highest BCUT2D eigenvalue weighted by Gasteiger charge is 2.08. The van der Waals surface area contributed by atoms with Crippen molar-refractivity contribution in [2.45, 2.75) is 71.6 Å². The lowest BCUT2D eigenvalue weighted by atomic mass is 10.1. The molecule has 0 saturated carbocycles. The zero-order chi connectivity index (χ0) is 18.6. The molecule has 0 unspecified atom stereocenters. The van der Waals surface area contributed by atoms with Crippen LogP contribution in [0, 0.1) is 5.82 Å². The summed E-state index contributed by atoms with van der Waals surface area (Å²) in [4.78, 5) is 8.83. The van der Waals surface area contributed by atoms with Gasteiger partial charge in [-0.15, -0.1) is 0 Å². The van der Waals surface area contributed by atoms with E-state index < -0.39 is 0 Å². The fraction of sp³-hybridized carbons (Fsp3) is 0.545. The first kappa shape index (κ1) is 20.3. The largest absolute Gasteiger partial charge is 0.491 e. The van der Waals surface area contributed by atoms with Crippen LogP contribution in [0.15, 0.2) is 30.6 Å². The molecule has 1 aromatic heterocycles. The van der Waals surface area contributed by atoms with Gasteiger partial charge < -0.3 is 4.74 Å². The minimum Gasteiger partial charge on any atom is -0.491 e. The molecule has 3 nitrogen and oxygen atoms in total. The van der Waals surface area contributed by atoms with Crippen molar-refractivity contribution in [1.82, 2.24) is 9.97 Å². The number of halogens is 1. The number of hydrogen-bond acceptors (Lipinski definition) is 3. The Morgan fingerprint density at radius 1 is 0.885 bits per heavy atom. The van der Waals surface area contributed by atoms with Gasteiger partial charge in [0.15, 0.2) is 11.6 Å². The van der Waals surface area contributed by atoms with E-state index in [1.165, 1.54) is 31.7 Å². The van der Waals surface area contributed by atoms with E-state index in [9.17, 15) is 4.39 Å². The molecule has 0 N–H and O–H groups in total. The molecular formula is C22H31FN2O. The lowest BCUT2D eigenvalue weighted by Gasteiger charge is -2.09. The molecule has 0 atom stereocenters. The van der Waals surface area contributed by atoms with Crippen LogP contribution in [0.25, 0.3) is 11.3 Å². The van der Waals surface area contributed by atoms with E-state index in [1.54, 1.807) is 18.5 Å². The molecule has 0 fully saturated rings. The second kappa shape index (κ2) is 11.6. The quantitative estimate of drug-likeness (QED) is 0.414. The van der Waals surface area contributed by atoms with E-state index in [-0.39, 0.29) is 5.82 Å². The predicted octanol–water partition coefficient (Wildman–Crippen LogP) is 6.36. The van der Waals surface area contributed by atoms with Gasteiger partial charge in [0.1, 0.15) is 0 Å². The van der Waals surface area contributed by atoms with Gasteiger partial charge in [-0.1, -0.05) is 52.4 Å². The van der Waals surface area contributed by atoms with Gasteiger partial charge in [0.05, 0.1) is 24.2 Å². The highest BCUT2D eigenvalue weighted by Crippen LogP contribution is 2.24. The van der Waals surface area contributed by atoms with Crippen molar-refractivity contribution >= 4 is 0 Å². The highest BCUT2D eigenvalue weighted by molar-refractivity contribution is 5.59. The third kappa shape index (κ3) is 6.74. The maximum Gasteiger partial charge on any atom is 0.165 e. The first-order valence-electron chi connectivity index (χ1n) is 9.98. The van der Waals surface area contributed by atoms with Crippen molar-refractivity contribution in [1.29, 1.82) is 0 Å². The van der Waals surface area contributed by atoms with Crippen LogP contribution in [0.4, 0.5) is 4.39 Å². The molecule has 0 amide bonds. The fourth-order valence-electron chi connectivity index (χ4n) is 2.83. The molecule has 142 valence electrons. The van der Waals surface area contributed by atoms with Gasteiger partial charge in [-0.2, -0.15) is 0 Å². The SMILES string of the molecule is CCCCCCCCOc1ccc(-c2cnc(CCCC)cn2)cc1F. The van der Waals surface area contributed by atoms with Gasteiger partial charge in [-0.05, 0) is 37.5 Å². The topological polar surface area (TPSA) is 35.0 Å². The normalized spacial score (nSPS) is 10.9. The fourth-order valence-corrected chi connectivity index (χ4v) is 2.83. The lowest BCUT2D eigenvalue weighted by Crippen LogP contribution is -2.00. The molecule has 0 aliphatic carbocycles.